The zero-order chi connectivity index (χ0) is 14.2. The molecule has 1 unspecified atom stereocenters. The molecule has 0 aliphatic carbocycles. The van der Waals surface area contributed by atoms with Crippen LogP contribution in [-0.4, -0.2) is 45.0 Å². The Morgan fingerprint density at radius 2 is 2.30 bits per heavy atom. The molecule has 1 N–H and O–H groups in total. The Hall–Kier alpha value is -1.62. The molecule has 1 aromatic rings. The summed E-state index contributed by atoms with van der Waals surface area (Å²) < 4.78 is 32.0. The van der Waals surface area contributed by atoms with E-state index in [2.05, 4.69) is 5.32 Å². The molecule has 0 saturated carbocycles. The fourth-order valence-corrected chi connectivity index (χ4v) is 4.13. The van der Waals surface area contributed by atoms with Crippen LogP contribution >= 0.6 is 0 Å². The van der Waals surface area contributed by atoms with Crippen LogP contribution in [0.5, 0.6) is 5.75 Å². The molecule has 0 amide bonds. The highest BCUT2D eigenvalue weighted by atomic mass is 32.2. The minimum absolute atomic E-state index is 0.240. The standard InChI is InChI=1S/C13H15N3O3S/c14-8-11-9-15-4-5-16(11)20(17,18)12-1-2-13-10(7-12)3-6-19-13/h1-2,7,11,15H,3-6,9H2. The highest BCUT2D eigenvalue weighted by Crippen LogP contribution is 2.29. The first kappa shape index (κ1) is 13.4. The Bertz CT molecular complexity index is 666. The zero-order valence-electron chi connectivity index (χ0n) is 10.9. The van der Waals surface area contributed by atoms with Crippen molar-refractivity contribution in [3.8, 4) is 11.8 Å². The Kier molecular flexibility index (Phi) is 3.38. The number of rotatable bonds is 2. The van der Waals surface area contributed by atoms with Gasteiger partial charge in [-0.2, -0.15) is 9.57 Å². The highest BCUT2D eigenvalue weighted by molar-refractivity contribution is 7.89. The molecule has 6 nitrogen and oxygen atoms in total. The Morgan fingerprint density at radius 1 is 1.45 bits per heavy atom. The van der Waals surface area contributed by atoms with Crippen LogP contribution < -0.4 is 10.1 Å². The van der Waals surface area contributed by atoms with Crippen molar-refractivity contribution in [1.82, 2.24) is 9.62 Å². The summed E-state index contributed by atoms with van der Waals surface area (Å²) in [6, 6.07) is 6.29. The van der Waals surface area contributed by atoms with Crippen molar-refractivity contribution in [3.05, 3.63) is 23.8 Å². The SMILES string of the molecule is N#CC1CNCCN1S(=O)(=O)c1ccc2c(c1)CCO2. The van der Waals surface area contributed by atoms with E-state index in [9.17, 15) is 8.42 Å². The summed E-state index contributed by atoms with van der Waals surface area (Å²) in [5.41, 5.74) is 0.912. The lowest BCUT2D eigenvalue weighted by Gasteiger charge is -2.31. The lowest BCUT2D eigenvalue weighted by molar-refractivity contribution is 0.312. The van der Waals surface area contributed by atoms with Crippen LogP contribution in [0.4, 0.5) is 0 Å². The molecule has 3 rings (SSSR count). The number of hydrogen-bond acceptors (Lipinski definition) is 5. The van der Waals surface area contributed by atoms with Gasteiger partial charge in [-0.05, 0) is 23.8 Å². The van der Waals surface area contributed by atoms with Gasteiger partial charge in [0.15, 0.2) is 0 Å². The second-order valence-corrected chi connectivity index (χ2v) is 6.72. The van der Waals surface area contributed by atoms with E-state index in [1.54, 1.807) is 18.2 Å². The second-order valence-electron chi connectivity index (χ2n) is 4.83. The number of nitrogens with one attached hydrogen (secondary N) is 1. The smallest absolute Gasteiger partial charge is 0.244 e. The molecule has 1 saturated heterocycles. The predicted octanol–water partition coefficient (Wildman–Crippen LogP) is 0.108. The summed E-state index contributed by atoms with van der Waals surface area (Å²) >= 11 is 0. The lowest BCUT2D eigenvalue weighted by Crippen LogP contribution is -2.52. The van der Waals surface area contributed by atoms with E-state index in [0.29, 0.717) is 26.2 Å². The molecule has 0 bridgehead atoms. The molecule has 2 aliphatic rings. The van der Waals surface area contributed by atoms with Gasteiger partial charge in [-0.15, -0.1) is 0 Å². The minimum atomic E-state index is -3.63. The normalized spacial score (nSPS) is 22.9. The molecule has 0 aromatic heterocycles. The van der Waals surface area contributed by atoms with E-state index in [1.165, 1.54) is 4.31 Å². The van der Waals surface area contributed by atoms with Crippen LogP contribution in [-0.2, 0) is 16.4 Å². The van der Waals surface area contributed by atoms with Crippen molar-refractivity contribution < 1.29 is 13.2 Å². The quantitative estimate of drug-likeness (QED) is 0.836. The summed E-state index contributed by atoms with van der Waals surface area (Å²) in [6.07, 6.45) is 0.724. The third kappa shape index (κ3) is 2.16. The second kappa shape index (κ2) is 5.05. The summed E-state index contributed by atoms with van der Waals surface area (Å²) in [6.45, 7) is 1.83. The van der Waals surface area contributed by atoms with Crippen LogP contribution in [0.25, 0.3) is 0 Å². The first-order chi connectivity index (χ1) is 9.63. The number of nitrogens with zero attached hydrogens (tertiary/aromatic N) is 2. The molecule has 1 aromatic carbocycles. The van der Waals surface area contributed by atoms with E-state index < -0.39 is 16.1 Å². The van der Waals surface area contributed by atoms with E-state index >= 15 is 0 Å². The highest BCUT2D eigenvalue weighted by Gasteiger charge is 2.34. The molecular weight excluding hydrogens is 278 g/mol. The molecule has 2 aliphatic heterocycles. The molecule has 0 radical (unpaired) electrons. The molecule has 2 heterocycles. The van der Waals surface area contributed by atoms with Crippen molar-refractivity contribution in [3.63, 3.8) is 0 Å². The maximum atomic E-state index is 12.7. The van der Waals surface area contributed by atoms with Gasteiger partial charge in [0.1, 0.15) is 11.8 Å². The number of fused-ring (bicyclic) bond motifs is 1. The molecular formula is C13H15N3O3S. The Labute approximate surface area is 118 Å². The molecule has 0 spiro atoms. The van der Waals surface area contributed by atoms with Gasteiger partial charge in [0.2, 0.25) is 10.0 Å². The largest absolute Gasteiger partial charge is 0.493 e. The summed E-state index contributed by atoms with van der Waals surface area (Å²) in [7, 11) is -3.63. The van der Waals surface area contributed by atoms with Crippen LogP contribution in [0.2, 0.25) is 0 Å². The van der Waals surface area contributed by atoms with Gasteiger partial charge >= 0.3 is 0 Å². The summed E-state index contributed by atoms with van der Waals surface area (Å²) in [5.74, 6) is 0.751. The minimum Gasteiger partial charge on any atom is -0.493 e. The van der Waals surface area contributed by atoms with Crippen LogP contribution in [0.1, 0.15) is 5.56 Å². The number of benzene rings is 1. The van der Waals surface area contributed by atoms with Crippen LogP contribution in [0, 0.1) is 11.3 Å². The Morgan fingerprint density at radius 3 is 3.10 bits per heavy atom. The van der Waals surface area contributed by atoms with Crippen molar-refractivity contribution in [2.24, 2.45) is 0 Å². The van der Waals surface area contributed by atoms with Gasteiger partial charge < -0.3 is 10.1 Å². The average Bonchev–Trinajstić information content (AvgIpc) is 2.94. The maximum Gasteiger partial charge on any atom is 0.244 e. The molecule has 7 heteroatoms. The maximum absolute atomic E-state index is 12.7. The molecule has 106 valence electrons. The lowest BCUT2D eigenvalue weighted by atomic mass is 10.2. The van der Waals surface area contributed by atoms with Gasteiger partial charge in [-0.25, -0.2) is 8.42 Å². The van der Waals surface area contributed by atoms with Crippen molar-refractivity contribution >= 4 is 10.0 Å². The monoisotopic (exact) mass is 293 g/mol. The van der Waals surface area contributed by atoms with E-state index in [-0.39, 0.29) is 4.90 Å². The van der Waals surface area contributed by atoms with Crippen molar-refractivity contribution in [1.29, 1.82) is 5.26 Å². The fraction of sp³-hybridized carbons (Fsp3) is 0.462. The zero-order valence-corrected chi connectivity index (χ0v) is 11.7. The number of ether oxygens (including phenoxy) is 1. The van der Waals surface area contributed by atoms with Crippen LogP contribution in [0.3, 0.4) is 0 Å². The number of hydrogen-bond donors (Lipinski definition) is 1. The van der Waals surface area contributed by atoms with Crippen LogP contribution in [0.15, 0.2) is 23.1 Å². The Balaban J connectivity index is 1.97. The summed E-state index contributed by atoms with van der Waals surface area (Å²) in [4.78, 5) is 0.240. The van der Waals surface area contributed by atoms with E-state index in [1.807, 2.05) is 6.07 Å². The third-order valence-electron chi connectivity index (χ3n) is 3.61. The number of nitriles is 1. The van der Waals surface area contributed by atoms with Crippen molar-refractivity contribution in [2.75, 3.05) is 26.2 Å². The molecule has 1 fully saturated rings. The molecule has 20 heavy (non-hydrogen) atoms. The molecule has 1 atom stereocenters. The topological polar surface area (TPSA) is 82.4 Å². The third-order valence-corrected chi connectivity index (χ3v) is 5.51. The van der Waals surface area contributed by atoms with E-state index in [0.717, 1.165) is 17.7 Å². The summed E-state index contributed by atoms with van der Waals surface area (Å²) in [5, 5.41) is 12.1. The average molecular weight is 293 g/mol. The van der Waals surface area contributed by atoms with E-state index in [4.69, 9.17) is 10.00 Å². The van der Waals surface area contributed by atoms with Gasteiger partial charge in [-0.1, -0.05) is 0 Å². The van der Waals surface area contributed by atoms with Crippen molar-refractivity contribution in [2.45, 2.75) is 17.4 Å². The van der Waals surface area contributed by atoms with Gasteiger partial charge in [-0.3, -0.25) is 0 Å². The fourth-order valence-electron chi connectivity index (χ4n) is 2.54. The first-order valence-electron chi connectivity index (χ1n) is 6.51. The predicted molar refractivity (Wildman–Crippen MR) is 71.8 cm³/mol. The van der Waals surface area contributed by atoms with Gasteiger partial charge in [0.05, 0.1) is 17.6 Å². The van der Waals surface area contributed by atoms with Gasteiger partial charge in [0.25, 0.3) is 0 Å². The number of piperazine rings is 1. The first-order valence-corrected chi connectivity index (χ1v) is 7.95. The number of sulfonamides is 1. The van der Waals surface area contributed by atoms with Gasteiger partial charge in [0, 0.05) is 26.1 Å².